The fourth-order valence-corrected chi connectivity index (χ4v) is 2.98. The first kappa shape index (κ1) is 20.0. The van der Waals surface area contributed by atoms with Crippen LogP contribution in [0.5, 0.6) is 11.5 Å². The lowest BCUT2D eigenvalue weighted by atomic mass is 10.1. The van der Waals surface area contributed by atoms with Gasteiger partial charge in [-0.25, -0.2) is 4.39 Å². The third-order valence-electron chi connectivity index (χ3n) is 3.63. The van der Waals surface area contributed by atoms with E-state index in [2.05, 4.69) is 35.1 Å². The van der Waals surface area contributed by atoms with Crippen LogP contribution in [0.25, 0.3) is 0 Å². The molecule has 0 saturated carbocycles. The maximum absolute atomic E-state index is 13.9. The van der Waals surface area contributed by atoms with Gasteiger partial charge >= 0.3 is 0 Å². The molecule has 6 heteroatoms. The van der Waals surface area contributed by atoms with Crippen LogP contribution in [0.15, 0.2) is 34.8 Å². The summed E-state index contributed by atoms with van der Waals surface area (Å²) < 4.78 is 25.9. The summed E-state index contributed by atoms with van der Waals surface area (Å²) in [6.45, 7) is 5.99. The normalized spacial score (nSPS) is 11.0. The maximum Gasteiger partial charge on any atom is 0.162 e. The summed E-state index contributed by atoms with van der Waals surface area (Å²) in [5, 5.41) is 3.73. The quantitative estimate of drug-likeness (QED) is 0.593. The van der Waals surface area contributed by atoms with Crippen LogP contribution in [0.1, 0.15) is 25.0 Å². The molecule has 0 aliphatic carbocycles. The van der Waals surface area contributed by atoms with Crippen molar-refractivity contribution in [1.29, 1.82) is 0 Å². The summed E-state index contributed by atoms with van der Waals surface area (Å²) in [5.74, 6) is 1.31. The van der Waals surface area contributed by atoms with E-state index in [0.29, 0.717) is 34.5 Å². The highest BCUT2D eigenvalue weighted by Crippen LogP contribution is 2.34. The molecule has 25 heavy (non-hydrogen) atoms. The molecule has 0 aliphatic heterocycles. The Morgan fingerprint density at radius 2 is 2.00 bits per heavy atom. The average molecular weight is 431 g/mol. The van der Waals surface area contributed by atoms with Crippen LogP contribution in [-0.2, 0) is 13.2 Å². The molecule has 0 spiro atoms. The minimum Gasteiger partial charge on any atom is -0.493 e. The van der Waals surface area contributed by atoms with Crippen molar-refractivity contribution in [3.8, 4) is 11.5 Å². The zero-order chi connectivity index (χ0) is 18.4. The Bertz CT molecular complexity index is 705. The summed E-state index contributed by atoms with van der Waals surface area (Å²) in [4.78, 5) is 0. The van der Waals surface area contributed by atoms with Gasteiger partial charge in [0.15, 0.2) is 11.5 Å². The molecule has 0 aromatic heterocycles. The zero-order valence-electron chi connectivity index (χ0n) is 14.5. The van der Waals surface area contributed by atoms with E-state index in [1.165, 1.54) is 6.07 Å². The molecular weight excluding hydrogens is 409 g/mol. The monoisotopic (exact) mass is 429 g/mol. The highest BCUT2D eigenvalue weighted by atomic mass is 79.9. The lowest BCUT2D eigenvalue weighted by molar-refractivity contribution is 0.279. The Hall–Kier alpha value is -1.30. The average Bonchev–Trinajstić information content (AvgIpc) is 2.55. The number of rotatable bonds is 8. The van der Waals surface area contributed by atoms with Crippen molar-refractivity contribution in [1.82, 2.24) is 5.32 Å². The fourth-order valence-electron chi connectivity index (χ4n) is 2.30. The number of ether oxygens (including phenoxy) is 2. The lowest BCUT2D eigenvalue weighted by Gasteiger charge is -2.15. The van der Waals surface area contributed by atoms with Gasteiger partial charge in [0.2, 0.25) is 0 Å². The molecule has 0 unspecified atom stereocenters. The highest BCUT2D eigenvalue weighted by molar-refractivity contribution is 9.10. The SMILES string of the molecule is COc1cc(CNCC(C)C)c(Br)cc1OCc1c(F)cccc1Cl. The van der Waals surface area contributed by atoms with Gasteiger partial charge < -0.3 is 14.8 Å². The molecule has 0 heterocycles. The van der Waals surface area contributed by atoms with Gasteiger partial charge in [-0.2, -0.15) is 0 Å². The largest absolute Gasteiger partial charge is 0.493 e. The van der Waals surface area contributed by atoms with Gasteiger partial charge in [0.05, 0.1) is 12.1 Å². The maximum atomic E-state index is 13.9. The van der Waals surface area contributed by atoms with Gasteiger partial charge in [0.25, 0.3) is 0 Å². The lowest BCUT2D eigenvalue weighted by Crippen LogP contribution is -2.19. The number of methoxy groups -OCH3 is 1. The van der Waals surface area contributed by atoms with E-state index in [4.69, 9.17) is 21.1 Å². The third kappa shape index (κ3) is 5.59. The molecule has 0 saturated heterocycles. The molecule has 2 rings (SSSR count). The Balaban J connectivity index is 2.14. The molecule has 0 radical (unpaired) electrons. The van der Waals surface area contributed by atoms with Crippen LogP contribution in [0.3, 0.4) is 0 Å². The van der Waals surface area contributed by atoms with E-state index in [-0.39, 0.29) is 12.4 Å². The van der Waals surface area contributed by atoms with Crippen LogP contribution >= 0.6 is 27.5 Å². The summed E-state index contributed by atoms with van der Waals surface area (Å²) >= 11 is 9.60. The van der Waals surface area contributed by atoms with Crippen molar-refractivity contribution >= 4 is 27.5 Å². The molecule has 0 atom stereocenters. The first-order chi connectivity index (χ1) is 11.9. The molecule has 2 aromatic carbocycles. The Morgan fingerprint density at radius 1 is 1.24 bits per heavy atom. The van der Waals surface area contributed by atoms with Crippen molar-refractivity contribution in [2.45, 2.75) is 27.0 Å². The minimum atomic E-state index is -0.389. The third-order valence-corrected chi connectivity index (χ3v) is 4.73. The smallest absolute Gasteiger partial charge is 0.162 e. The molecule has 0 aliphatic rings. The Kier molecular flexibility index (Phi) is 7.54. The summed E-state index contributed by atoms with van der Waals surface area (Å²) in [7, 11) is 1.58. The summed E-state index contributed by atoms with van der Waals surface area (Å²) in [6, 6.07) is 8.31. The molecular formula is C19H22BrClFNO2. The number of hydrogen-bond acceptors (Lipinski definition) is 3. The van der Waals surface area contributed by atoms with E-state index in [1.807, 2.05) is 12.1 Å². The van der Waals surface area contributed by atoms with Crippen molar-refractivity contribution in [2.75, 3.05) is 13.7 Å². The Morgan fingerprint density at radius 3 is 2.64 bits per heavy atom. The van der Waals surface area contributed by atoms with Gasteiger partial charge in [-0.1, -0.05) is 47.4 Å². The predicted molar refractivity (Wildman–Crippen MR) is 103 cm³/mol. The number of halogens is 3. The first-order valence-corrected chi connectivity index (χ1v) is 9.22. The van der Waals surface area contributed by atoms with E-state index in [0.717, 1.165) is 16.6 Å². The summed E-state index contributed by atoms with van der Waals surface area (Å²) in [6.07, 6.45) is 0. The minimum absolute atomic E-state index is 0.0270. The summed E-state index contributed by atoms with van der Waals surface area (Å²) in [5.41, 5.74) is 1.39. The van der Waals surface area contributed by atoms with Crippen LogP contribution in [0.2, 0.25) is 5.02 Å². The highest BCUT2D eigenvalue weighted by Gasteiger charge is 2.13. The molecule has 0 fully saturated rings. The predicted octanol–water partition coefficient (Wildman–Crippen LogP) is 5.57. The number of nitrogens with one attached hydrogen (secondary N) is 1. The van der Waals surface area contributed by atoms with Gasteiger partial charge in [0.1, 0.15) is 12.4 Å². The zero-order valence-corrected chi connectivity index (χ0v) is 16.9. The van der Waals surface area contributed by atoms with Gasteiger partial charge in [-0.05, 0) is 42.3 Å². The molecule has 3 nitrogen and oxygen atoms in total. The van der Waals surface area contributed by atoms with E-state index >= 15 is 0 Å². The second-order valence-electron chi connectivity index (χ2n) is 6.11. The van der Waals surface area contributed by atoms with E-state index < -0.39 is 0 Å². The number of hydrogen-bond donors (Lipinski definition) is 1. The van der Waals surface area contributed by atoms with Gasteiger partial charge in [-0.15, -0.1) is 0 Å². The van der Waals surface area contributed by atoms with Gasteiger partial charge in [-0.3, -0.25) is 0 Å². The van der Waals surface area contributed by atoms with Crippen LogP contribution < -0.4 is 14.8 Å². The van der Waals surface area contributed by atoms with E-state index in [9.17, 15) is 4.39 Å². The fraction of sp³-hybridized carbons (Fsp3) is 0.368. The molecule has 136 valence electrons. The first-order valence-electron chi connectivity index (χ1n) is 8.05. The van der Waals surface area contributed by atoms with Crippen molar-refractivity contribution in [3.63, 3.8) is 0 Å². The standard InChI is InChI=1S/C19H22BrClFNO2/c1-12(2)9-23-10-13-7-18(24-3)19(8-15(13)20)25-11-14-16(21)5-4-6-17(14)22/h4-8,12,23H,9-11H2,1-3H3. The topological polar surface area (TPSA) is 30.5 Å². The van der Waals surface area contributed by atoms with Gasteiger partial charge in [0, 0.05) is 16.6 Å². The second-order valence-corrected chi connectivity index (χ2v) is 7.37. The second kappa shape index (κ2) is 9.41. The van der Waals surface area contributed by atoms with Crippen molar-refractivity contribution in [2.24, 2.45) is 5.92 Å². The van der Waals surface area contributed by atoms with Crippen LogP contribution in [-0.4, -0.2) is 13.7 Å². The van der Waals surface area contributed by atoms with Crippen LogP contribution in [0, 0.1) is 11.7 Å². The van der Waals surface area contributed by atoms with E-state index in [1.54, 1.807) is 19.2 Å². The molecule has 0 amide bonds. The molecule has 1 N–H and O–H groups in total. The van der Waals surface area contributed by atoms with Crippen LogP contribution in [0.4, 0.5) is 4.39 Å². The Labute approximate surface area is 161 Å². The van der Waals surface area contributed by atoms with Crippen molar-refractivity contribution < 1.29 is 13.9 Å². The molecule has 0 bridgehead atoms. The van der Waals surface area contributed by atoms with Crippen molar-refractivity contribution in [3.05, 3.63) is 56.8 Å². The number of benzene rings is 2. The molecule has 2 aromatic rings.